The summed E-state index contributed by atoms with van der Waals surface area (Å²) >= 11 is 0. The molecule has 1 saturated heterocycles. The molecule has 4 rings (SSSR count). The largest absolute Gasteiger partial charge is 0.508 e. The molecule has 1 aliphatic rings. The Morgan fingerprint density at radius 2 is 1.26 bits per heavy atom. The van der Waals surface area contributed by atoms with Crippen molar-refractivity contribution in [3.8, 4) is 46.0 Å². The van der Waals surface area contributed by atoms with Crippen molar-refractivity contribution in [2.75, 3.05) is 6.61 Å². The quantitative estimate of drug-likeness (QED) is 0.136. The van der Waals surface area contributed by atoms with Crippen molar-refractivity contribution in [3.63, 3.8) is 0 Å². The van der Waals surface area contributed by atoms with E-state index in [4.69, 9.17) is 18.9 Å². The van der Waals surface area contributed by atoms with Gasteiger partial charge in [0.15, 0.2) is 46.7 Å². The zero-order chi connectivity index (χ0) is 30.9. The molecule has 3 aromatic carbocycles. The first-order valence-electron chi connectivity index (χ1n) is 12.1. The smallest absolute Gasteiger partial charge is 0.338 e. The van der Waals surface area contributed by atoms with Gasteiger partial charge in [-0.25, -0.2) is 9.59 Å². The van der Waals surface area contributed by atoms with Crippen molar-refractivity contribution in [1.82, 2.24) is 0 Å². The second-order valence-corrected chi connectivity index (χ2v) is 9.34. The van der Waals surface area contributed by atoms with Crippen LogP contribution in [0.3, 0.4) is 0 Å². The molecule has 5 unspecified atom stereocenters. The Kier molecular flexibility index (Phi) is 8.37. The minimum atomic E-state index is -1.89. The molecular weight excluding hydrogens is 564 g/mol. The fourth-order valence-electron chi connectivity index (χ4n) is 4.08. The minimum Gasteiger partial charge on any atom is -0.508 e. The van der Waals surface area contributed by atoms with Crippen LogP contribution in [0, 0.1) is 6.92 Å². The first kappa shape index (κ1) is 29.9. The van der Waals surface area contributed by atoms with Crippen molar-refractivity contribution < 1.29 is 74.5 Å². The van der Waals surface area contributed by atoms with E-state index in [1.165, 1.54) is 18.2 Å². The lowest BCUT2D eigenvalue weighted by Crippen LogP contribution is -2.61. The lowest BCUT2D eigenvalue weighted by atomic mass is 9.98. The highest BCUT2D eigenvalue weighted by Gasteiger charge is 2.49. The average molecular weight is 590 g/mol. The maximum atomic E-state index is 12.8. The maximum absolute atomic E-state index is 12.8. The molecule has 3 aromatic rings. The number of ether oxygens (including phenoxy) is 4. The summed E-state index contributed by atoms with van der Waals surface area (Å²) in [5.74, 6) is -7.67. The summed E-state index contributed by atoms with van der Waals surface area (Å²) in [5, 5.41) is 89.5. The third-order valence-electron chi connectivity index (χ3n) is 6.16. The number of aliphatic hydroxyl groups is 2. The molecule has 1 heterocycles. The third-order valence-corrected chi connectivity index (χ3v) is 6.16. The molecule has 224 valence electrons. The first-order valence-corrected chi connectivity index (χ1v) is 12.1. The van der Waals surface area contributed by atoms with Gasteiger partial charge in [0.2, 0.25) is 6.29 Å². The standard InChI is InChI=1S/C27H26O15/c1-10-2-13(28)8-14(3-10)40-27-23(36)24(42-26(38)12-6-17(31)21(34)18(32)7-12)22(35)19(41-27)9-39-25(37)11-4-15(29)20(33)16(30)5-11/h2-8,19,22-24,27-36H,9H2,1H3. The summed E-state index contributed by atoms with van der Waals surface area (Å²) in [7, 11) is 0. The van der Waals surface area contributed by atoms with Gasteiger partial charge in [-0.3, -0.25) is 0 Å². The SMILES string of the molecule is Cc1cc(O)cc(OC2OC(COC(=O)c3cc(O)c(O)c(O)c3)C(O)C(OC(=O)c3cc(O)c(O)c(O)c3)C2O)c1. The van der Waals surface area contributed by atoms with Crippen LogP contribution in [0.4, 0.5) is 0 Å². The van der Waals surface area contributed by atoms with E-state index in [1.807, 2.05) is 0 Å². The van der Waals surface area contributed by atoms with E-state index in [2.05, 4.69) is 0 Å². The predicted octanol–water partition coefficient (Wildman–Crippen LogP) is 0.842. The van der Waals surface area contributed by atoms with Gasteiger partial charge in [0.05, 0.1) is 11.1 Å². The number of aryl methyl sites for hydroxylation is 1. The van der Waals surface area contributed by atoms with Crippen LogP contribution < -0.4 is 4.74 Å². The molecule has 0 bridgehead atoms. The van der Waals surface area contributed by atoms with E-state index in [0.717, 1.165) is 24.3 Å². The van der Waals surface area contributed by atoms with Gasteiger partial charge in [-0.05, 0) is 48.9 Å². The summed E-state index contributed by atoms with van der Waals surface area (Å²) in [5.41, 5.74) is -0.285. The zero-order valence-corrected chi connectivity index (χ0v) is 21.6. The number of hydrogen-bond acceptors (Lipinski definition) is 15. The lowest BCUT2D eigenvalue weighted by Gasteiger charge is -2.41. The molecule has 0 aromatic heterocycles. The van der Waals surface area contributed by atoms with E-state index in [-0.39, 0.29) is 17.1 Å². The van der Waals surface area contributed by atoms with Crippen LogP contribution in [-0.2, 0) is 14.2 Å². The number of hydrogen-bond donors (Lipinski definition) is 9. The van der Waals surface area contributed by atoms with E-state index in [0.29, 0.717) is 5.56 Å². The van der Waals surface area contributed by atoms with Gasteiger partial charge < -0.3 is 64.9 Å². The Morgan fingerprint density at radius 1 is 0.738 bits per heavy atom. The molecule has 0 spiro atoms. The van der Waals surface area contributed by atoms with Crippen molar-refractivity contribution in [1.29, 1.82) is 0 Å². The molecule has 0 radical (unpaired) electrons. The Hall–Kier alpha value is -5.12. The lowest BCUT2D eigenvalue weighted by molar-refractivity contribution is -0.276. The van der Waals surface area contributed by atoms with Crippen molar-refractivity contribution >= 4 is 11.9 Å². The molecular formula is C27H26O15. The molecule has 1 fully saturated rings. The fourth-order valence-corrected chi connectivity index (χ4v) is 4.08. The van der Waals surface area contributed by atoms with Crippen LogP contribution in [0.2, 0.25) is 0 Å². The number of aliphatic hydroxyl groups excluding tert-OH is 2. The maximum Gasteiger partial charge on any atom is 0.338 e. The van der Waals surface area contributed by atoms with Gasteiger partial charge in [0.1, 0.15) is 30.3 Å². The average Bonchev–Trinajstić information content (AvgIpc) is 2.92. The van der Waals surface area contributed by atoms with Gasteiger partial charge in [0, 0.05) is 6.07 Å². The minimum absolute atomic E-state index is 0.0113. The normalized spacial score (nSPS) is 21.8. The number of carbonyl (C=O) groups is 2. The van der Waals surface area contributed by atoms with E-state index in [9.17, 15) is 55.5 Å². The zero-order valence-electron chi connectivity index (χ0n) is 21.6. The highest BCUT2D eigenvalue weighted by molar-refractivity contribution is 5.91. The molecule has 9 N–H and O–H groups in total. The molecule has 0 amide bonds. The second-order valence-electron chi connectivity index (χ2n) is 9.34. The van der Waals surface area contributed by atoms with E-state index < -0.39 is 89.3 Å². The summed E-state index contributed by atoms with van der Waals surface area (Å²) in [6, 6.07) is 7.23. The number of rotatable bonds is 7. The van der Waals surface area contributed by atoms with Crippen LogP contribution in [-0.4, -0.2) is 95.2 Å². The van der Waals surface area contributed by atoms with Crippen LogP contribution in [0.15, 0.2) is 42.5 Å². The highest BCUT2D eigenvalue weighted by Crippen LogP contribution is 2.37. The number of phenolic OH excluding ortho intramolecular Hbond substituents is 7. The van der Waals surface area contributed by atoms with Crippen LogP contribution in [0.1, 0.15) is 26.3 Å². The second kappa shape index (κ2) is 11.8. The van der Waals surface area contributed by atoms with E-state index in [1.54, 1.807) is 6.92 Å². The highest BCUT2D eigenvalue weighted by atomic mass is 16.7. The molecule has 5 atom stereocenters. The number of aromatic hydroxyl groups is 7. The number of phenols is 7. The topological polar surface area (TPSA) is 253 Å². The molecule has 15 nitrogen and oxygen atoms in total. The first-order chi connectivity index (χ1) is 19.7. The van der Waals surface area contributed by atoms with Gasteiger partial charge in [-0.1, -0.05) is 0 Å². The van der Waals surface area contributed by atoms with Gasteiger partial charge in [-0.15, -0.1) is 0 Å². The number of esters is 2. The van der Waals surface area contributed by atoms with Crippen LogP contribution in [0.25, 0.3) is 0 Å². The van der Waals surface area contributed by atoms with Crippen LogP contribution in [0.5, 0.6) is 46.0 Å². The third kappa shape index (κ3) is 6.27. The van der Waals surface area contributed by atoms with Crippen molar-refractivity contribution in [3.05, 3.63) is 59.2 Å². The Bertz CT molecular complexity index is 1440. The van der Waals surface area contributed by atoms with Gasteiger partial charge in [0.25, 0.3) is 0 Å². The molecule has 0 aliphatic carbocycles. The Labute approximate surface area is 236 Å². The van der Waals surface area contributed by atoms with Crippen molar-refractivity contribution in [2.45, 2.75) is 37.6 Å². The molecule has 1 aliphatic heterocycles. The predicted molar refractivity (Wildman–Crippen MR) is 137 cm³/mol. The fraction of sp³-hybridized carbons (Fsp3) is 0.259. The summed E-state index contributed by atoms with van der Waals surface area (Å²) in [6.45, 7) is 0.894. The van der Waals surface area contributed by atoms with Crippen molar-refractivity contribution in [2.24, 2.45) is 0 Å². The summed E-state index contributed by atoms with van der Waals surface area (Å²) in [6.07, 6.45) is -8.79. The van der Waals surface area contributed by atoms with E-state index >= 15 is 0 Å². The Morgan fingerprint density at radius 3 is 1.79 bits per heavy atom. The van der Waals surface area contributed by atoms with Gasteiger partial charge in [-0.2, -0.15) is 0 Å². The molecule has 42 heavy (non-hydrogen) atoms. The summed E-state index contributed by atoms with van der Waals surface area (Å²) in [4.78, 5) is 25.3. The molecule has 0 saturated carbocycles. The van der Waals surface area contributed by atoms with Gasteiger partial charge >= 0.3 is 11.9 Å². The number of benzene rings is 3. The molecule has 15 heteroatoms. The number of carbonyl (C=O) groups excluding carboxylic acids is 2. The Balaban J connectivity index is 1.58. The monoisotopic (exact) mass is 590 g/mol. The summed E-state index contributed by atoms with van der Waals surface area (Å²) < 4.78 is 21.6. The van der Waals surface area contributed by atoms with Crippen LogP contribution >= 0.6 is 0 Å².